The van der Waals surface area contributed by atoms with E-state index in [0.717, 1.165) is 10.2 Å². The van der Waals surface area contributed by atoms with E-state index in [1.165, 1.54) is 16.2 Å². The maximum atomic E-state index is 12.1. The van der Waals surface area contributed by atoms with Crippen LogP contribution in [0.2, 0.25) is 0 Å². The number of carboxylic acid groups (broad SMARTS) is 1. The summed E-state index contributed by atoms with van der Waals surface area (Å²) in [6.45, 7) is 0.541. The van der Waals surface area contributed by atoms with E-state index >= 15 is 0 Å². The fourth-order valence-electron chi connectivity index (χ4n) is 3.08. The lowest BCUT2D eigenvalue weighted by atomic mass is 10.1. The summed E-state index contributed by atoms with van der Waals surface area (Å²) in [6, 6.07) is 1.48. The topological polar surface area (TPSA) is 86.3 Å². The first-order chi connectivity index (χ1) is 9.54. The molecule has 8 heteroatoms. The van der Waals surface area contributed by atoms with E-state index in [2.05, 4.69) is 25.9 Å². The number of thiophene rings is 1. The molecule has 3 heterocycles. The number of likely N-dealkylation sites (tertiary alicyclic amines) is 1. The van der Waals surface area contributed by atoms with E-state index in [0.29, 0.717) is 34.4 Å². The second-order valence-electron chi connectivity index (χ2n) is 5.26. The average Bonchev–Trinajstić information content (AvgIpc) is 2.86. The Kier molecular flexibility index (Phi) is 2.50. The molecule has 0 spiro atoms. The zero-order chi connectivity index (χ0) is 14.0. The molecular weight excluding hydrogens is 346 g/mol. The summed E-state index contributed by atoms with van der Waals surface area (Å²) in [7, 11) is 0. The van der Waals surface area contributed by atoms with Gasteiger partial charge in [-0.2, -0.15) is 0 Å². The minimum absolute atomic E-state index is 0.199. The van der Waals surface area contributed by atoms with Crippen molar-refractivity contribution < 1.29 is 9.90 Å². The highest BCUT2D eigenvalue weighted by molar-refractivity contribution is 9.11. The summed E-state index contributed by atoms with van der Waals surface area (Å²) in [6.07, 6.45) is 0.0697. The molecule has 2 fully saturated rings. The SMILES string of the molecule is O=C(O)N1CC2CC2[C@H]1c1nc2cc(Br)sc2c(=O)[nH]1. The van der Waals surface area contributed by atoms with Crippen molar-refractivity contribution in [2.45, 2.75) is 12.5 Å². The first kappa shape index (κ1) is 12.3. The van der Waals surface area contributed by atoms with Crippen LogP contribution in [0.3, 0.4) is 0 Å². The molecule has 2 unspecified atom stereocenters. The van der Waals surface area contributed by atoms with Crippen molar-refractivity contribution in [3.05, 3.63) is 26.0 Å². The third-order valence-corrected chi connectivity index (χ3v) is 5.67. The molecule has 20 heavy (non-hydrogen) atoms. The van der Waals surface area contributed by atoms with Crippen molar-refractivity contribution in [3.8, 4) is 0 Å². The van der Waals surface area contributed by atoms with Gasteiger partial charge in [-0.3, -0.25) is 9.69 Å². The van der Waals surface area contributed by atoms with Crippen molar-refractivity contribution in [2.75, 3.05) is 6.54 Å². The molecule has 4 rings (SSSR count). The van der Waals surface area contributed by atoms with Crippen LogP contribution in [0.4, 0.5) is 4.79 Å². The molecule has 1 saturated carbocycles. The summed E-state index contributed by atoms with van der Waals surface area (Å²) < 4.78 is 1.40. The highest BCUT2D eigenvalue weighted by atomic mass is 79.9. The quantitative estimate of drug-likeness (QED) is 0.822. The molecule has 2 aromatic heterocycles. The molecule has 2 aliphatic rings. The average molecular weight is 356 g/mol. The number of hydrogen-bond acceptors (Lipinski definition) is 4. The third-order valence-electron chi connectivity index (χ3n) is 4.05. The summed E-state index contributed by atoms with van der Waals surface area (Å²) in [5, 5.41) is 9.27. The van der Waals surface area contributed by atoms with Crippen LogP contribution in [-0.4, -0.2) is 32.6 Å². The number of halogens is 1. The lowest BCUT2D eigenvalue weighted by molar-refractivity contribution is 0.129. The van der Waals surface area contributed by atoms with Gasteiger partial charge >= 0.3 is 6.09 Å². The van der Waals surface area contributed by atoms with Crippen LogP contribution in [-0.2, 0) is 0 Å². The van der Waals surface area contributed by atoms with E-state index in [9.17, 15) is 14.7 Å². The smallest absolute Gasteiger partial charge is 0.407 e. The van der Waals surface area contributed by atoms with Gasteiger partial charge in [0.25, 0.3) is 5.56 Å². The molecule has 1 aliphatic heterocycles. The van der Waals surface area contributed by atoms with Crippen molar-refractivity contribution in [1.82, 2.24) is 14.9 Å². The molecule has 0 aromatic carbocycles. The predicted octanol–water partition coefficient (Wildman–Crippen LogP) is 2.42. The molecule has 6 nitrogen and oxygen atoms in total. The molecule has 1 saturated heterocycles. The normalized spacial score (nSPS) is 27.9. The van der Waals surface area contributed by atoms with Gasteiger partial charge in [-0.05, 0) is 40.3 Å². The number of amides is 1. The van der Waals surface area contributed by atoms with E-state index in [1.807, 2.05) is 0 Å². The molecule has 0 bridgehead atoms. The van der Waals surface area contributed by atoms with Crippen LogP contribution in [0, 0.1) is 11.8 Å². The van der Waals surface area contributed by atoms with E-state index < -0.39 is 6.09 Å². The molecule has 1 amide bonds. The number of nitrogens with zero attached hydrogens (tertiary/aromatic N) is 2. The largest absolute Gasteiger partial charge is 0.465 e. The first-order valence-electron chi connectivity index (χ1n) is 6.23. The van der Waals surface area contributed by atoms with Gasteiger partial charge in [0.2, 0.25) is 0 Å². The minimum atomic E-state index is -0.948. The Labute approximate surface area is 125 Å². The Bertz CT molecular complexity index is 786. The van der Waals surface area contributed by atoms with Crippen LogP contribution in [0.15, 0.2) is 14.6 Å². The number of H-pyrrole nitrogens is 1. The van der Waals surface area contributed by atoms with Gasteiger partial charge in [0.15, 0.2) is 0 Å². The van der Waals surface area contributed by atoms with E-state index in [1.54, 1.807) is 6.07 Å². The fourth-order valence-corrected chi connectivity index (χ4v) is 4.50. The van der Waals surface area contributed by atoms with Gasteiger partial charge in [0.1, 0.15) is 10.5 Å². The Balaban J connectivity index is 1.85. The number of hydrogen-bond donors (Lipinski definition) is 2. The molecule has 2 N–H and O–H groups in total. The van der Waals surface area contributed by atoms with Crippen molar-refractivity contribution in [3.63, 3.8) is 0 Å². The highest BCUT2D eigenvalue weighted by Crippen LogP contribution is 2.55. The van der Waals surface area contributed by atoms with Crippen LogP contribution in [0.5, 0.6) is 0 Å². The summed E-state index contributed by atoms with van der Waals surface area (Å²) in [5.41, 5.74) is 0.421. The molecular formula is C12H10BrN3O3S. The zero-order valence-electron chi connectivity index (χ0n) is 10.2. The number of carbonyl (C=O) groups is 1. The Hall–Kier alpha value is -1.41. The summed E-state index contributed by atoms with van der Waals surface area (Å²) >= 11 is 4.67. The summed E-state index contributed by atoms with van der Waals surface area (Å²) in [4.78, 5) is 32.0. The number of fused-ring (bicyclic) bond motifs is 2. The number of rotatable bonds is 1. The number of nitrogens with one attached hydrogen (secondary N) is 1. The van der Waals surface area contributed by atoms with Gasteiger partial charge in [-0.25, -0.2) is 9.78 Å². The van der Waals surface area contributed by atoms with Crippen molar-refractivity contribution >= 4 is 43.6 Å². The first-order valence-corrected chi connectivity index (χ1v) is 7.84. The van der Waals surface area contributed by atoms with Gasteiger partial charge in [0, 0.05) is 6.54 Å². The Morgan fingerprint density at radius 3 is 3.15 bits per heavy atom. The van der Waals surface area contributed by atoms with E-state index in [-0.39, 0.29) is 11.6 Å². The number of aromatic amines is 1. The second-order valence-corrected chi connectivity index (χ2v) is 7.69. The maximum Gasteiger partial charge on any atom is 0.407 e. The van der Waals surface area contributed by atoms with Crippen LogP contribution < -0.4 is 5.56 Å². The highest BCUT2D eigenvalue weighted by Gasteiger charge is 2.55. The number of piperidine rings is 1. The second kappa shape index (κ2) is 4.05. The fraction of sp³-hybridized carbons (Fsp3) is 0.417. The van der Waals surface area contributed by atoms with Crippen LogP contribution in [0.1, 0.15) is 18.3 Å². The van der Waals surface area contributed by atoms with Crippen LogP contribution >= 0.6 is 27.3 Å². The Morgan fingerprint density at radius 1 is 1.60 bits per heavy atom. The summed E-state index contributed by atoms with van der Waals surface area (Å²) in [5.74, 6) is 1.19. The monoisotopic (exact) mass is 355 g/mol. The standard InChI is InChI=1S/C12H10BrN3O3S/c13-7-2-6-9(20-7)11(17)15-10(14-6)8-5-1-4(5)3-16(8)12(18)19/h2,4-5,8H,1,3H2,(H,18,19)(H,14,15,17)/t4?,5?,8-/m0/s1. The minimum Gasteiger partial charge on any atom is -0.465 e. The lowest BCUT2D eigenvalue weighted by Gasteiger charge is -2.23. The van der Waals surface area contributed by atoms with Crippen LogP contribution in [0.25, 0.3) is 10.2 Å². The molecule has 1 aliphatic carbocycles. The number of aromatic nitrogens is 2. The molecule has 3 atom stereocenters. The van der Waals surface area contributed by atoms with Gasteiger partial charge in [-0.15, -0.1) is 11.3 Å². The Morgan fingerprint density at radius 2 is 2.40 bits per heavy atom. The molecule has 2 aromatic rings. The van der Waals surface area contributed by atoms with Gasteiger partial charge in [0.05, 0.1) is 15.3 Å². The van der Waals surface area contributed by atoms with Crippen molar-refractivity contribution in [2.24, 2.45) is 11.8 Å². The van der Waals surface area contributed by atoms with Gasteiger partial charge in [-0.1, -0.05) is 0 Å². The van der Waals surface area contributed by atoms with E-state index in [4.69, 9.17) is 0 Å². The third kappa shape index (κ3) is 1.71. The predicted molar refractivity (Wildman–Crippen MR) is 77.0 cm³/mol. The van der Waals surface area contributed by atoms with Gasteiger partial charge < -0.3 is 10.1 Å². The molecule has 104 valence electrons. The van der Waals surface area contributed by atoms with Crippen molar-refractivity contribution in [1.29, 1.82) is 0 Å². The lowest BCUT2D eigenvalue weighted by Crippen LogP contribution is -2.33. The molecule has 0 radical (unpaired) electrons. The maximum absolute atomic E-state index is 12.1. The zero-order valence-corrected chi connectivity index (χ0v) is 12.6.